The predicted octanol–water partition coefficient (Wildman–Crippen LogP) is 4.23. The molecule has 1 amide bonds. The standard InChI is InChI=1S/C18H17F3N2O3S/c1-10-9-27-15(22-10)14-4-3-5-23(14)16(24)11-6-12(17(25)26-2)8-13(7-11)18(19,20)21/h6-9,14H,3-5H2,1-2H3. The van der Waals surface area contributed by atoms with Crippen LogP contribution in [0.2, 0.25) is 0 Å². The van der Waals surface area contributed by atoms with E-state index in [1.807, 2.05) is 12.3 Å². The van der Waals surface area contributed by atoms with Crippen LogP contribution in [0.15, 0.2) is 23.6 Å². The van der Waals surface area contributed by atoms with Crippen molar-refractivity contribution >= 4 is 23.2 Å². The molecule has 2 aromatic rings. The molecule has 1 aromatic carbocycles. The van der Waals surface area contributed by atoms with E-state index in [-0.39, 0.29) is 17.2 Å². The third-order valence-electron chi connectivity index (χ3n) is 4.36. The average Bonchev–Trinajstić information content (AvgIpc) is 3.27. The zero-order chi connectivity index (χ0) is 19.8. The van der Waals surface area contributed by atoms with Gasteiger partial charge in [0.1, 0.15) is 5.01 Å². The number of alkyl halides is 3. The molecule has 0 radical (unpaired) electrons. The van der Waals surface area contributed by atoms with Crippen LogP contribution >= 0.6 is 11.3 Å². The van der Waals surface area contributed by atoms with Gasteiger partial charge in [-0.05, 0) is 38.0 Å². The first-order chi connectivity index (χ1) is 12.7. The second-order valence-electron chi connectivity index (χ2n) is 6.27. The Balaban J connectivity index is 1.99. The summed E-state index contributed by atoms with van der Waals surface area (Å²) in [5, 5.41) is 2.63. The first-order valence-corrected chi connectivity index (χ1v) is 9.12. The smallest absolute Gasteiger partial charge is 0.416 e. The number of hydrogen-bond donors (Lipinski definition) is 0. The molecule has 144 valence electrons. The quantitative estimate of drug-likeness (QED) is 0.726. The summed E-state index contributed by atoms with van der Waals surface area (Å²) in [6, 6.07) is 2.34. The van der Waals surface area contributed by atoms with Gasteiger partial charge in [0.2, 0.25) is 0 Å². The third-order valence-corrected chi connectivity index (χ3v) is 5.43. The Morgan fingerprint density at radius 1 is 1.26 bits per heavy atom. The third kappa shape index (κ3) is 3.97. The Morgan fingerprint density at radius 3 is 2.56 bits per heavy atom. The van der Waals surface area contributed by atoms with Gasteiger partial charge in [-0.25, -0.2) is 9.78 Å². The van der Waals surface area contributed by atoms with Crippen molar-refractivity contribution < 1.29 is 27.5 Å². The molecule has 0 saturated carbocycles. The predicted molar refractivity (Wildman–Crippen MR) is 92.6 cm³/mol. The highest BCUT2D eigenvalue weighted by molar-refractivity contribution is 7.09. The van der Waals surface area contributed by atoms with Gasteiger partial charge in [0.05, 0.1) is 24.3 Å². The van der Waals surface area contributed by atoms with Crippen LogP contribution in [0.4, 0.5) is 13.2 Å². The normalized spacial score (nSPS) is 17.2. The molecule has 27 heavy (non-hydrogen) atoms. The molecule has 0 bridgehead atoms. The molecule has 3 rings (SSSR count). The number of rotatable bonds is 3. The van der Waals surface area contributed by atoms with Gasteiger partial charge in [0, 0.05) is 23.2 Å². The summed E-state index contributed by atoms with van der Waals surface area (Å²) in [4.78, 5) is 30.6. The fourth-order valence-corrected chi connectivity index (χ4v) is 4.05. The lowest BCUT2D eigenvalue weighted by atomic mass is 10.0. The van der Waals surface area contributed by atoms with Gasteiger partial charge in [-0.2, -0.15) is 13.2 Å². The van der Waals surface area contributed by atoms with E-state index >= 15 is 0 Å². The van der Waals surface area contributed by atoms with Crippen LogP contribution in [0.5, 0.6) is 0 Å². The highest BCUT2D eigenvalue weighted by Gasteiger charge is 2.36. The van der Waals surface area contributed by atoms with Crippen LogP contribution < -0.4 is 0 Å². The Labute approximate surface area is 157 Å². The van der Waals surface area contributed by atoms with E-state index in [1.54, 1.807) is 0 Å². The molecule has 1 aliphatic heterocycles. The molecule has 0 aliphatic carbocycles. The summed E-state index contributed by atoms with van der Waals surface area (Å²) in [6.45, 7) is 2.27. The summed E-state index contributed by atoms with van der Waals surface area (Å²) < 4.78 is 44.2. The number of halogens is 3. The molecule has 2 heterocycles. The molecule has 1 atom stereocenters. The summed E-state index contributed by atoms with van der Waals surface area (Å²) in [5.74, 6) is -1.48. The number of ether oxygens (including phenoxy) is 1. The van der Waals surface area contributed by atoms with Crippen LogP contribution in [0.25, 0.3) is 0 Å². The summed E-state index contributed by atoms with van der Waals surface area (Å²) in [7, 11) is 1.07. The van der Waals surface area contributed by atoms with E-state index in [1.165, 1.54) is 16.2 Å². The Hall–Kier alpha value is -2.42. The molecular weight excluding hydrogens is 381 g/mol. The number of benzene rings is 1. The minimum atomic E-state index is -4.68. The molecule has 1 unspecified atom stereocenters. The summed E-state index contributed by atoms with van der Waals surface area (Å²) in [5.41, 5.74) is -0.724. The highest BCUT2D eigenvalue weighted by atomic mass is 32.1. The lowest BCUT2D eigenvalue weighted by Gasteiger charge is -2.24. The SMILES string of the molecule is COC(=O)c1cc(C(=O)N2CCCC2c2nc(C)cs2)cc(C(F)(F)F)c1. The van der Waals surface area contributed by atoms with E-state index in [9.17, 15) is 22.8 Å². The van der Waals surface area contributed by atoms with Crippen LogP contribution in [0.3, 0.4) is 0 Å². The maximum absolute atomic E-state index is 13.2. The van der Waals surface area contributed by atoms with E-state index in [2.05, 4.69) is 9.72 Å². The van der Waals surface area contributed by atoms with Crippen LogP contribution in [-0.4, -0.2) is 35.4 Å². The Bertz CT molecular complexity index is 879. The number of amides is 1. The molecule has 9 heteroatoms. The number of methoxy groups -OCH3 is 1. The second kappa shape index (κ2) is 7.30. The van der Waals surface area contributed by atoms with E-state index in [0.29, 0.717) is 19.0 Å². The van der Waals surface area contributed by atoms with Gasteiger partial charge in [-0.15, -0.1) is 11.3 Å². The number of esters is 1. The molecule has 1 fully saturated rings. The van der Waals surface area contributed by atoms with E-state index in [0.717, 1.165) is 36.4 Å². The van der Waals surface area contributed by atoms with Crippen molar-refractivity contribution in [2.75, 3.05) is 13.7 Å². The van der Waals surface area contributed by atoms with Gasteiger partial charge in [0.15, 0.2) is 0 Å². The fraction of sp³-hybridized carbons (Fsp3) is 0.389. The van der Waals surface area contributed by atoms with Gasteiger partial charge in [-0.1, -0.05) is 0 Å². The minimum Gasteiger partial charge on any atom is -0.465 e. The molecule has 1 aromatic heterocycles. The number of hydrogen-bond acceptors (Lipinski definition) is 5. The Morgan fingerprint density at radius 2 is 1.96 bits per heavy atom. The topological polar surface area (TPSA) is 59.5 Å². The van der Waals surface area contributed by atoms with Gasteiger partial charge in [0.25, 0.3) is 5.91 Å². The maximum atomic E-state index is 13.2. The van der Waals surface area contributed by atoms with Gasteiger partial charge < -0.3 is 9.64 Å². The zero-order valence-electron chi connectivity index (χ0n) is 14.7. The van der Waals surface area contributed by atoms with E-state index in [4.69, 9.17) is 0 Å². The number of aromatic nitrogens is 1. The van der Waals surface area contributed by atoms with Gasteiger partial charge in [-0.3, -0.25) is 4.79 Å². The highest BCUT2D eigenvalue weighted by Crippen LogP contribution is 2.36. The van der Waals surface area contributed by atoms with Crippen LogP contribution in [0.1, 0.15) is 55.9 Å². The van der Waals surface area contributed by atoms with Crippen molar-refractivity contribution in [3.63, 3.8) is 0 Å². The monoisotopic (exact) mass is 398 g/mol. The first kappa shape index (κ1) is 19.3. The largest absolute Gasteiger partial charge is 0.465 e. The van der Waals surface area contributed by atoms with Crippen molar-refractivity contribution in [3.8, 4) is 0 Å². The molecular formula is C18H17F3N2O3S. The number of likely N-dealkylation sites (tertiary alicyclic amines) is 1. The van der Waals surface area contributed by atoms with Crippen molar-refractivity contribution in [2.24, 2.45) is 0 Å². The van der Waals surface area contributed by atoms with Crippen molar-refractivity contribution in [2.45, 2.75) is 32.0 Å². The lowest BCUT2D eigenvalue weighted by molar-refractivity contribution is -0.137. The lowest BCUT2D eigenvalue weighted by Crippen LogP contribution is -2.31. The number of thiazole rings is 1. The van der Waals surface area contributed by atoms with Crippen molar-refractivity contribution in [1.82, 2.24) is 9.88 Å². The maximum Gasteiger partial charge on any atom is 0.416 e. The molecule has 0 N–H and O–H groups in total. The van der Waals surface area contributed by atoms with Crippen molar-refractivity contribution in [3.05, 3.63) is 51.0 Å². The zero-order valence-corrected chi connectivity index (χ0v) is 15.5. The summed E-state index contributed by atoms with van der Waals surface area (Å²) >= 11 is 1.42. The molecule has 0 spiro atoms. The van der Waals surface area contributed by atoms with Crippen LogP contribution in [0, 0.1) is 6.92 Å². The number of carbonyl (C=O) groups excluding carboxylic acids is 2. The second-order valence-corrected chi connectivity index (χ2v) is 7.16. The van der Waals surface area contributed by atoms with Gasteiger partial charge >= 0.3 is 12.1 Å². The number of nitrogens with zero attached hydrogens (tertiary/aromatic N) is 2. The van der Waals surface area contributed by atoms with Crippen LogP contribution in [-0.2, 0) is 10.9 Å². The Kier molecular flexibility index (Phi) is 5.23. The average molecular weight is 398 g/mol. The van der Waals surface area contributed by atoms with E-state index < -0.39 is 23.6 Å². The molecule has 1 saturated heterocycles. The minimum absolute atomic E-state index is 0.189. The summed E-state index contributed by atoms with van der Waals surface area (Å²) in [6.07, 6.45) is -3.25. The molecule has 1 aliphatic rings. The molecule has 5 nitrogen and oxygen atoms in total. The first-order valence-electron chi connectivity index (χ1n) is 8.24. The van der Waals surface area contributed by atoms with Crippen molar-refractivity contribution in [1.29, 1.82) is 0 Å². The number of aryl methyl sites for hydroxylation is 1. The number of carbonyl (C=O) groups is 2. The fourth-order valence-electron chi connectivity index (χ4n) is 3.11.